The number of hydrogen-bond donors (Lipinski definition) is 2. The molecule has 3 rings (SSSR count). The number of hydrogen-bond acceptors (Lipinski definition) is 1. The van der Waals surface area contributed by atoms with Gasteiger partial charge in [-0.2, -0.15) is 0 Å². The van der Waals surface area contributed by atoms with Crippen molar-refractivity contribution >= 4 is 23.2 Å². The smallest absolute Gasteiger partial charge is 0.120 e. The van der Waals surface area contributed by atoms with E-state index in [2.05, 4.69) is 5.32 Å². The molecule has 0 amide bonds. The highest BCUT2D eigenvalue weighted by atomic mass is 35.5. The predicted octanol–water partition coefficient (Wildman–Crippen LogP) is 2.92. The average molecular weight is 301 g/mol. The maximum atomic E-state index is 10.9. The van der Waals surface area contributed by atoms with Crippen molar-refractivity contribution in [3.05, 3.63) is 33.8 Å². The Labute approximate surface area is 124 Å². The molecule has 0 aromatic heterocycles. The van der Waals surface area contributed by atoms with Crippen molar-refractivity contribution in [2.45, 2.75) is 43.7 Å². The van der Waals surface area contributed by atoms with Gasteiger partial charge in [0, 0.05) is 17.9 Å². The number of nitrogens with two attached hydrogens (primary N) is 1. The lowest BCUT2D eigenvalue weighted by atomic mass is 9.67. The van der Waals surface area contributed by atoms with Crippen LogP contribution < -0.4 is 5.32 Å². The van der Waals surface area contributed by atoms with Crippen LogP contribution in [0.15, 0.2) is 18.2 Å². The van der Waals surface area contributed by atoms with E-state index in [4.69, 9.17) is 23.2 Å². The number of aliphatic hydroxyl groups is 1. The minimum Gasteiger partial charge on any atom is -0.389 e. The first-order valence-corrected chi connectivity index (χ1v) is 7.87. The zero-order valence-electron chi connectivity index (χ0n) is 10.9. The topological polar surface area (TPSA) is 36.8 Å². The van der Waals surface area contributed by atoms with Gasteiger partial charge in [0.1, 0.15) is 6.04 Å². The molecule has 1 heterocycles. The van der Waals surface area contributed by atoms with E-state index in [0.29, 0.717) is 0 Å². The summed E-state index contributed by atoms with van der Waals surface area (Å²) in [6, 6.07) is 5.87. The van der Waals surface area contributed by atoms with Gasteiger partial charge in [-0.05, 0) is 25.0 Å². The normalized spacial score (nSPS) is 34.9. The number of fused-ring (bicyclic) bond motifs is 1. The maximum Gasteiger partial charge on any atom is 0.120 e. The third kappa shape index (κ3) is 2.40. The summed E-state index contributed by atoms with van der Waals surface area (Å²) in [6.45, 7) is 0.944. The molecule has 0 radical (unpaired) electrons. The number of piperidine rings is 1. The summed E-state index contributed by atoms with van der Waals surface area (Å²) in [6.07, 6.45) is 5.20. The molecule has 1 aliphatic carbocycles. The molecule has 104 valence electrons. The molecule has 1 saturated carbocycles. The highest BCUT2D eigenvalue weighted by molar-refractivity contribution is 6.36. The standard InChI is InChI=1S/C15H19Cl2NO/c16-11-5-3-6-12(17)13(11)14-10-4-1-2-7-15(10,19)8-9-18-14/h3,5-6,10,14,18-19H,1-2,4,7-9H2/p+1/t10-,14+,15+/m1/s1. The molecule has 3 N–H and O–H groups in total. The van der Waals surface area contributed by atoms with Crippen LogP contribution in [0.2, 0.25) is 10.0 Å². The van der Waals surface area contributed by atoms with E-state index >= 15 is 0 Å². The molecule has 0 unspecified atom stereocenters. The Balaban J connectivity index is 1.99. The van der Waals surface area contributed by atoms with Crippen LogP contribution in [0.3, 0.4) is 0 Å². The Morgan fingerprint density at radius 1 is 1.16 bits per heavy atom. The quantitative estimate of drug-likeness (QED) is 0.822. The van der Waals surface area contributed by atoms with Crippen LogP contribution in [-0.2, 0) is 0 Å². The van der Waals surface area contributed by atoms with E-state index in [1.54, 1.807) is 0 Å². The Hall–Kier alpha value is -0.280. The summed E-state index contributed by atoms with van der Waals surface area (Å²) in [7, 11) is 0. The SMILES string of the molecule is O[C@]12CCCC[C@@H]1[C@@H](c1c(Cl)cccc1Cl)[NH2+]CC2. The summed E-state index contributed by atoms with van der Waals surface area (Å²) in [5.74, 6) is 0.271. The minimum absolute atomic E-state index is 0.195. The van der Waals surface area contributed by atoms with Gasteiger partial charge in [0.25, 0.3) is 0 Å². The summed E-state index contributed by atoms with van der Waals surface area (Å²) in [4.78, 5) is 0. The summed E-state index contributed by atoms with van der Waals surface area (Å²) < 4.78 is 0. The highest BCUT2D eigenvalue weighted by Crippen LogP contribution is 2.45. The molecule has 1 saturated heterocycles. The van der Waals surface area contributed by atoms with E-state index in [0.717, 1.165) is 47.8 Å². The molecular formula is C15H20Cl2NO+. The lowest BCUT2D eigenvalue weighted by Crippen LogP contribution is -2.91. The molecule has 19 heavy (non-hydrogen) atoms. The molecule has 3 atom stereocenters. The minimum atomic E-state index is -0.514. The van der Waals surface area contributed by atoms with Crippen LogP contribution in [0.5, 0.6) is 0 Å². The van der Waals surface area contributed by atoms with Gasteiger partial charge in [-0.25, -0.2) is 0 Å². The maximum absolute atomic E-state index is 10.9. The fourth-order valence-electron chi connectivity index (χ4n) is 3.90. The predicted molar refractivity (Wildman–Crippen MR) is 77.5 cm³/mol. The second kappa shape index (κ2) is 5.25. The summed E-state index contributed by atoms with van der Waals surface area (Å²) >= 11 is 12.7. The molecular weight excluding hydrogens is 281 g/mol. The van der Waals surface area contributed by atoms with Crippen molar-refractivity contribution in [2.75, 3.05) is 6.54 Å². The van der Waals surface area contributed by atoms with Crippen molar-refractivity contribution in [3.63, 3.8) is 0 Å². The van der Waals surface area contributed by atoms with Crippen LogP contribution in [0.1, 0.15) is 43.7 Å². The molecule has 0 spiro atoms. The van der Waals surface area contributed by atoms with E-state index in [1.165, 1.54) is 6.42 Å². The van der Waals surface area contributed by atoms with Crippen molar-refractivity contribution < 1.29 is 10.4 Å². The van der Waals surface area contributed by atoms with Crippen molar-refractivity contribution in [1.29, 1.82) is 0 Å². The van der Waals surface area contributed by atoms with Crippen molar-refractivity contribution in [3.8, 4) is 0 Å². The van der Waals surface area contributed by atoms with Gasteiger partial charge in [0.2, 0.25) is 0 Å². The number of benzene rings is 1. The number of quaternary nitrogens is 1. The average Bonchev–Trinajstić information content (AvgIpc) is 2.38. The van der Waals surface area contributed by atoms with Gasteiger partial charge in [0.05, 0.1) is 22.2 Å². The van der Waals surface area contributed by atoms with Gasteiger partial charge in [0.15, 0.2) is 0 Å². The van der Waals surface area contributed by atoms with Crippen LogP contribution >= 0.6 is 23.2 Å². The van der Waals surface area contributed by atoms with Gasteiger partial charge < -0.3 is 10.4 Å². The third-order valence-electron chi connectivity index (χ3n) is 4.83. The number of rotatable bonds is 1. The first-order chi connectivity index (χ1) is 9.12. The Kier molecular flexibility index (Phi) is 3.78. The molecule has 4 heteroatoms. The first-order valence-electron chi connectivity index (χ1n) is 7.11. The van der Waals surface area contributed by atoms with Crippen LogP contribution in [0.25, 0.3) is 0 Å². The van der Waals surface area contributed by atoms with Crippen LogP contribution in [0.4, 0.5) is 0 Å². The van der Waals surface area contributed by atoms with Gasteiger partial charge in [-0.15, -0.1) is 0 Å². The number of halogens is 2. The zero-order valence-corrected chi connectivity index (χ0v) is 12.4. The Morgan fingerprint density at radius 2 is 1.89 bits per heavy atom. The third-order valence-corrected chi connectivity index (χ3v) is 5.49. The highest BCUT2D eigenvalue weighted by Gasteiger charge is 2.49. The van der Waals surface area contributed by atoms with E-state index in [9.17, 15) is 5.11 Å². The molecule has 2 nitrogen and oxygen atoms in total. The summed E-state index contributed by atoms with van der Waals surface area (Å²) in [5.41, 5.74) is 0.496. The molecule has 0 bridgehead atoms. The zero-order chi connectivity index (χ0) is 13.5. The largest absolute Gasteiger partial charge is 0.389 e. The lowest BCUT2D eigenvalue weighted by Gasteiger charge is -2.46. The van der Waals surface area contributed by atoms with Crippen molar-refractivity contribution in [1.82, 2.24) is 0 Å². The summed E-state index contributed by atoms with van der Waals surface area (Å²) in [5, 5.41) is 14.7. The Morgan fingerprint density at radius 3 is 2.63 bits per heavy atom. The molecule has 1 aromatic carbocycles. The fourth-order valence-corrected chi connectivity index (χ4v) is 4.55. The lowest BCUT2D eigenvalue weighted by molar-refractivity contribution is -0.719. The Bertz CT molecular complexity index is 455. The molecule has 1 aromatic rings. The van der Waals surface area contributed by atoms with Gasteiger partial charge in [-0.3, -0.25) is 0 Å². The van der Waals surface area contributed by atoms with E-state index in [1.807, 2.05) is 18.2 Å². The van der Waals surface area contributed by atoms with Gasteiger partial charge in [-0.1, -0.05) is 42.1 Å². The second-order valence-corrected chi connectivity index (χ2v) is 6.71. The van der Waals surface area contributed by atoms with Crippen LogP contribution in [0, 0.1) is 5.92 Å². The van der Waals surface area contributed by atoms with Gasteiger partial charge >= 0.3 is 0 Å². The van der Waals surface area contributed by atoms with Crippen molar-refractivity contribution in [2.24, 2.45) is 5.92 Å². The molecule has 2 aliphatic rings. The fraction of sp³-hybridized carbons (Fsp3) is 0.600. The molecule has 1 aliphatic heterocycles. The first kappa shape index (κ1) is 13.7. The van der Waals surface area contributed by atoms with E-state index in [-0.39, 0.29) is 12.0 Å². The second-order valence-electron chi connectivity index (χ2n) is 5.89. The van der Waals surface area contributed by atoms with Crippen LogP contribution in [-0.4, -0.2) is 17.3 Å². The van der Waals surface area contributed by atoms with E-state index < -0.39 is 5.60 Å². The molecule has 2 fully saturated rings. The monoisotopic (exact) mass is 300 g/mol.